The average molecular weight is 258 g/mol. The van der Waals surface area contributed by atoms with Crippen LogP contribution in [0.25, 0.3) is 10.9 Å². The van der Waals surface area contributed by atoms with Gasteiger partial charge in [0, 0.05) is 24.2 Å². The maximum Gasteiger partial charge on any atom is 0.128 e. The van der Waals surface area contributed by atoms with Crippen LogP contribution < -0.4 is 10.1 Å². The van der Waals surface area contributed by atoms with E-state index in [0.29, 0.717) is 18.6 Å². The van der Waals surface area contributed by atoms with Crippen molar-refractivity contribution in [3.63, 3.8) is 0 Å². The summed E-state index contributed by atoms with van der Waals surface area (Å²) in [6.45, 7) is 8.16. The van der Waals surface area contributed by atoms with Crippen LogP contribution in [-0.4, -0.2) is 24.2 Å². The molecule has 0 saturated carbocycles. The molecule has 1 aromatic heterocycles. The molecule has 2 aromatic rings. The van der Waals surface area contributed by atoms with E-state index in [1.807, 2.05) is 30.3 Å². The second-order valence-electron chi connectivity index (χ2n) is 5.16. The van der Waals surface area contributed by atoms with Crippen molar-refractivity contribution in [1.82, 2.24) is 10.3 Å². The maximum atomic E-state index is 5.85. The molecular formula is C16H22N2O. The summed E-state index contributed by atoms with van der Waals surface area (Å²) in [6.07, 6.45) is 1.80. The third-order valence-corrected chi connectivity index (χ3v) is 3.43. The summed E-state index contributed by atoms with van der Waals surface area (Å²) < 4.78 is 5.85. The number of pyridine rings is 1. The van der Waals surface area contributed by atoms with E-state index in [0.717, 1.165) is 23.2 Å². The summed E-state index contributed by atoms with van der Waals surface area (Å²) in [5.74, 6) is 1.55. The van der Waals surface area contributed by atoms with Gasteiger partial charge in [0.05, 0.1) is 5.52 Å². The van der Waals surface area contributed by atoms with Crippen LogP contribution in [0.1, 0.15) is 20.8 Å². The van der Waals surface area contributed by atoms with E-state index in [4.69, 9.17) is 4.74 Å². The minimum Gasteiger partial charge on any atom is -0.492 e. The highest BCUT2D eigenvalue weighted by Crippen LogP contribution is 2.23. The Morgan fingerprint density at radius 3 is 2.79 bits per heavy atom. The van der Waals surface area contributed by atoms with Gasteiger partial charge in [-0.15, -0.1) is 0 Å². The number of rotatable bonds is 6. The Hall–Kier alpha value is -1.61. The lowest BCUT2D eigenvalue weighted by atomic mass is 10.1. The summed E-state index contributed by atoms with van der Waals surface area (Å²) in [6, 6.07) is 10.5. The molecule has 0 fully saturated rings. The van der Waals surface area contributed by atoms with E-state index in [-0.39, 0.29) is 0 Å². The molecule has 0 aliphatic carbocycles. The molecule has 3 heteroatoms. The van der Waals surface area contributed by atoms with Gasteiger partial charge in [0.15, 0.2) is 0 Å². The summed E-state index contributed by atoms with van der Waals surface area (Å²) >= 11 is 0. The molecule has 0 saturated heterocycles. The third-order valence-electron chi connectivity index (χ3n) is 3.43. The molecule has 1 atom stereocenters. The topological polar surface area (TPSA) is 34.1 Å². The van der Waals surface area contributed by atoms with Crippen molar-refractivity contribution >= 4 is 10.9 Å². The molecule has 0 spiro atoms. The van der Waals surface area contributed by atoms with Gasteiger partial charge in [-0.3, -0.25) is 4.98 Å². The lowest BCUT2D eigenvalue weighted by molar-refractivity contribution is 0.299. The number of hydrogen-bond acceptors (Lipinski definition) is 3. The number of aromatic nitrogens is 1. The van der Waals surface area contributed by atoms with Crippen molar-refractivity contribution in [2.24, 2.45) is 5.92 Å². The molecule has 0 amide bonds. The molecule has 0 aliphatic rings. The van der Waals surface area contributed by atoms with Gasteiger partial charge in [0.2, 0.25) is 0 Å². The molecule has 1 unspecified atom stereocenters. The zero-order valence-electron chi connectivity index (χ0n) is 11.9. The smallest absolute Gasteiger partial charge is 0.128 e. The second kappa shape index (κ2) is 6.53. The van der Waals surface area contributed by atoms with Crippen LogP contribution in [0.15, 0.2) is 36.5 Å². The first-order valence-corrected chi connectivity index (χ1v) is 6.88. The standard InChI is InChI=1S/C16H22N2O/c1-12(2)13(3)17-10-11-19-16-8-4-7-15-14(16)6-5-9-18-15/h4-9,12-13,17H,10-11H2,1-3H3. The van der Waals surface area contributed by atoms with Gasteiger partial charge in [0.25, 0.3) is 0 Å². The number of fused-ring (bicyclic) bond motifs is 1. The number of benzene rings is 1. The van der Waals surface area contributed by atoms with Crippen LogP contribution in [0, 0.1) is 5.92 Å². The fourth-order valence-corrected chi connectivity index (χ4v) is 1.88. The monoisotopic (exact) mass is 258 g/mol. The van der Waals surface area contributed by atoms with Gasteiger partial charge in [-0.25, -0.2) is 0 Å². The van der Waals surface area contributed by atoms with Crippen LogP contribution in [-0.2, 0) is 0 Å². The van der Waals surface area contributed by atoms with Gasteiger partial charge >= 0.3 is 0 Å². The Bertz CT molecular complexity index is 520. The summed E-state index contributed by atoms with van der Waals surface area (Å²) in [4.78, 5) is 4.33. The Labute approximate surface area is 115 Å². The first-order valence-electron chi connectivity index (χ1n) is 6.88. The van der Waals surface area contributed by atoms with Crippen molar-refractivity contribution in [2.45, 2.75) is 26.8 Å². The molecule has 2 rings (SSSR count). The van der Waals surface area contributed by atoms with Crippen molar-refractivity contribution in [1.29, 1.82) is 0 Å². The molecule has 0 radical (unpaired) electrons. The SMILES string of the molecule is CC(C)C(C)NCCOc1cccc2ncccc12. The fourth-order valence-electron chi connectivity index (χ4n) is 1.88. The molecule has 0 aliphatic heterocycles. The van der Waals surface area contributed by atoms with Crippen molar-refractivity contribution < 1.29 is 4.74 Å². The van der Waals surface area contributed by atoms with Gasteiger partial charge in [-0.05, 0) is 37.1 Å². The summed E-state index contributed by atoms with van der Waals surface area (Å²) in [7, 11) is 0. The first kappa shape index (κ1) is 13.8. The van der Waals surface area contributed by atoms with Gasteiger partial charge in [0.1, 0.15) is 12.4 Å². The minimum atomic E-state index is 0.512. The minimum absolute atomic E-state index is 0.512. The highest BCUT2D eigenvalue weighted by molar-refractivity contribution is 5.84. The molecular weight excluding hydrogens is 236 g/mol. The predicted molar refractivity (Wildman–Crippen MR) is 79.5 cm³/mol. The van der Waals surface area contributed by atoms with Crippen LogP contribution >= 0.6 is 0 Å². The number of nitrogens with zero attached hydrogens (tertiary/aromatic N) is 1. The van der Waals surface area contributed by atoms with E-state index in [2.05, 4.69) is 31.1 Å². The first-order chi connectivity index (χ1) is 9.18. The maximum absolute atomic E-state index is 5.85. The Balaban J connectivity index is 1.92. The third kappa shape index (κ3) is 3.67. The molecule has 19 heavy (non-hydrogen) atoms. The van der Waals surface area contributed by atoms with Crippen LogP contribution in [0.2, 0.25) is 0 Å². The lowest BCUT2D eigenvalue weighted by Crippen LogP contribution is -2.33. The Morgan fingerprint density at radius 2 is 2.00 bits per heavy atom. The Kier molecular flexibility index (Phi) is 4.74. The van der Waals surface area contributed by atoms with E-state index in [9.17, 15) is 0 Å². The van der Waals surface area contributed by atoms with Crippen LogP contribution in [0.4, 0.5) is 0 Å². The van der Waals surface area contributed by atoms with Crippen molar-refractivity contribution in [2.75, 3.05) is 13.2 Å². The normalized spacial score (nSPS) is 12.8. The number of hydrogen-bond donors (Lipinski definition) is 1. The zero-order chi connectivity index (χ0) is 13.7. The van der Waals surface area contributed by atoms with Gasteiger partial charge in [-0.1, -0.05) is 19.9 Å². The second-order valence-corrected chi connectivity index (χ2v) is 5.16. The van der Waals surface area contributed by atoms with E-state index in [1.54, 1.807) is 6.20 Å². The highest BCUT2D eigenvalue weighted by Gasteiger charge is 2.06. The van der Waals surface area contributed by atoms with Crippen LogP contribution in [0.3, 0.4) is 0 Å². The quantitative estimate of drug-likeness (QED) is 0.808. The molecule has 0 bridgehead atoms. The summed E-state index contributed by atoms with van der Waals surface area (Å²) in [5.41, 5.74) is 0.975. The van der Waals surface area contributed by atoms with E-state index >= 15 is 0 Å². The fraction of sp³-hybridized carbons (Fsp3) is 0.438. The van der Waals surface area contributed by atoms with Crippen molar-refractivity contribution in [3.05, 3.63) is 36.5 Å². The molecule has 3 nitrogen and oxygen atoms in total. The largest absolute Gasteiger partial charge is 0.492 e. The number of ether oxygens (including phenoxy) is 1. The molecule has 102 valence electrons. The van der Waals surface area contributed by atoms with Gasteiger partial charge in [-0.2, -0.15) is 0 Å². The van der Waals surface area contributed by atoms with Gasteiger partial charge < -0.3 is 10.1 Å². The number of nitrogens with one attached hydrogen (secondary N) is 1. The Morgan fingerprint density at radius 1 is 1.16 bits per heavy atom. The summed E-state index contributed by atoms with van der Waals surface area (Å²) in [5, 5.41) is 4.53. The zero-order valence-corrected chi connectivity index (χ0v) is 11.9. The average Bonchev–Trinajstić information content (AvgIpc) is 2.43. The molecule has 1 N–H and O–H groups in total. The van der Waals surface area contributed by atoms with Crippen molar-refractivity contribution in [3.8, 4) is 5.75 Å². The highest BCUT2D eigenvalue weighted by atomic mass is 16.5. The van der Waals surface area contributed by atoms with E-state index < -0.39 is 0 Å². The van der Waals surface area contributed by atoms with E-state index in [1.165, 1.54) is 0 Å². The predicted octanol–water partition coefficient (Wildman–Crippen LogP) is 3.25. The lowest BCUT2D eigenvalue weighted by Gasteiger charge is -2.17. The molecule has 1 aromatic carbocycles. The van der Waals surface area contributed by atoms with Crippen LogP contribution in [0.5, 0.6) is 5.75 Å². The molecule has 1 heterocycles.